The van der Waals surface area contributed by atoms with Crippen LogP contribution in [-0.2, 0) is 18.0 Å². The first-order chi connectivity index (χ1) is 12.8. The quantitative estimate of drug-likeness (QED) is 0.671. The number of aromatic nitrogens is 4. The minimum Gasteiger partial charge on any atom is -0.325 e. The number of rotatable bonds is 5. The third-order valence-electron chi connectivity index (χ3n) is 3.60. The monoisotopic (exact) mass is 393 g/mol. The third-order valence-corrected chi connectivity index (χ3v) is 4.62. The molecule has 1 aromatic carbocycles. The molecule has 0 saturated heterocycles. The second-order valence-corrected chi connectivity index (χ2v) is 6.46. The van der Waals surface area contributed by atoms with Crippen molar-refractivity contribution >= 4 is 23.4 Å². The highest BCUT2D eigenvalue weighted by molar-refractivity contribution is 7.99. The van der Waals surface area contributed by atoms with Crippen LogP contribution in [0.1, 0.15) is 5.56 Å². The molecular weight excluding hydrogens is 379 g/mol. The number of nitrogens with zero attached hydrogens (tertiary/aromatic N) is 4. The molecule has 0 bridgehead atoms. The maximum atomic E-state index is 12.5. The molecular formula is C17H14F3N5OS. The van der Waals surface area contributed by atoms with Crippen molar-refractivity contribution in [2.24, 2.45) is 7.05 Å². The van der Waals surface area contributed by atoms with Gasteiger partial charge in [0, 0.05) is 30.7 Å². The fourth-order valence-corrected chi connectivity index (χ4v) is 2.97. The van der Waals surface area contributed by atoms with Gasteiger partial charge in [-0.2, -0.15) is 13.2 Å². The van der Waals surface area contributed by atoms with Gasteiger partial charge in [-0.1, -0.05) is 11.8 Å². The van der Waals surface area contributed by atoms with Crippen LogP contribution in [0.4, 0.5) is 18.9 Å². The minimum atomic E-state index is -4.41. The van der Waals surface area contributed by atoms with E-state index in [-0.39, 0.29) is 11.7 Å². The van der Waals surface area contributed by atoms with Gasteiger partial charge in [0.15, 0.2) is 11.0 Å². The summed E-state index contributed by atoms with van der Waals surface area (Å²) in [5.41, 5.74) is 0.377. The molecule has 0 radical (unpaired) electrons. The van der Waals surface area contributed by atoms with E-state index < -0.39 is 11.7 Å². The van der Waals surface area contributed by atoms with Crippen molar-refractivity contribution in [3.8, 4) is 11.4 Å². The largest absolute Gasteiger partial charge is 0.416 e. The Hall–Kier alpha value is -2.88. The van der Waals surface area contributed by atoms with Gasteiger partial charge in [0.2, 0.25) is 5.91 Å². The van der Waals surface area contributed by atoms with E-state index in [0.717, 1.165) is 17.7 Å². The van der Waals surface area contributed by atoms with Gasteiger partial charge in [-0.25, -0.2) is 0 Å². The number of anilines is 1. The number of benzene rings is 1. The van der Waals surface area contributed by atoms with E-state index >= 15 is 0 Å². The lowest BCUT2D eigenvalue weighted by Gasteiger charge is -2.08. The van der Waals surface area contributed by atoms with Crippen molar-refractivity contribution in [1.29, 1.82) is 0 Å². The van der Waals surface area contributed by atoms with Gasteiger partial charge in [-0.15, -0.1) is 10.2 Å². The lowest BCUT2D eigenvalue weighted by Crippen LogP contribution is -2.14. The SMILES string of the molecule is Cn1c(SCC(=O)Nc2ccc(C(F)(F)F)cc2)nnc1-c1ccncc1. The number of amides is 1. The number of halogens is 3. The molecule has 3 aromatic rings. The Morgan fingerprint density at radius 2 is 1.78 bits per heavy atom. The predicted molar refractivity (Wildman–Crippen MR) is 95.0 cm³/mol. The molecule has 6 nitrogen and oxygen atoms in total. The molecule has 140 valence electrons. The van der Waals surface area contributed by atoms with Gasteiger partial charge in [0.25, 0.3) is 0 Å². The van der Waals surface area contributed by atoms with Crippen LogP contribution in [0.15, 0.2) is 53.9 Å². The van der Waals surface area contributed by atoms with Crippen LogP contribution >= 0.6 is 11.8 Å². The van der Waals surface area contributed by atoms with E-state index in [1.165, 1.54) is 23.9 Å². The van der Waals surface area contributed by atoms with Crippen LogP contribution in [0.25, 0.3) is 11.4 Å². The molecule has 0 fully saturated rings. The molecule has 0 atom stereocenters. The summed E-state index contributed by atoms with van der Waals surface area (Å²) in [6.45, 7) is 0. The molecule has 0 unspecified atom stereocenters. The van der Waals surface area contributed by atoms with E-state index in [1.807, 2.05) is 0 Å². The summed E-state index contributed by atoms with van der Waals surface area (Å²) in [5.74, 6) is 0.333. The molecule has 2 aromatic heterocycles. The standard InChI is InChI=1S/C17H14F3N5OS/c1-25-15(11-6-8-21-9-7-11)23-24-16(25)27-10-14(26)22-13-4-2-12(3-5-13)17(18,19)20/h2-9H,10H2,1H3,(H,22,26). The zero-order chi connectivity index (χ0) is 19.4. The Morgan fingerprint density at radius 3 is 2.41 bits per heavy atom. The zero-order valence-corrected chi connectivity index (χ0v) is 14.9. The molecule has 0 aliphatic heterocycles. The second kappa shape index (κ2) is 7.78. The summed E-state index contributed by atoms with van der Waals surface area (Å²) in [7, 11) is 1.78. The topological polar surface area (TPSA) is 72.7 Å². The van der Waals surface area contributed by atoms with E-state index in [2.05, 4.69) is 20.5 Å². The first kappa shape index (κ1) is 18.9. The average Bonchev–Trinajstić information content (AvgIpc) is 3.01. The minimum absolute atomic E-state index is 0.0450. The van der Waals surface area contributed by atoms with Gasteiger partial charge >= 0.3 is 6.18 Å². The highest BCUT2D eigenvalue weighted by atomic mass is 32.2. The fourth-order valence-electron chi connectivity index (χ4n) is 2.26. The molecule has 0 aliphatic carbocycles. The summed E-state index contributed by atoms with van der Waals surface area (Å²) in [4.78, 5) is 16.0. The molecule has 27 heavy (non-hydrogen) atoms. The number of carbonyl (C=O) groups is 1. The Balaban J connectivity index is 1.59. The van der Waals surface area contributed by atoms with Gasteiger partial charge in [0.1, 0.15) is 0 Å². The van der Waals surface area contributed by atoms with E-state index in [9.17, 15) is 18.0 Å². The van der Waals surface area contributed by atoms with Gasteiger partial charge in [-0.3, -0.25) is 9.78 Å². The number of nitrogens with one attached hydrogen (secondary N) is 1. The first-order valence-electron chi connectivity index (χ1n) is 7.74. The first-order valence-corrected chi connectivity index (χ1v) is 8.73. The molecule has 1 amide bonds. The van der Waals surface area contributed by atoms with Crippen molar-refractivity contribution in [2.75, 3.05) is 11.1 Å². The van der Waals surface area contributed by atoms with E-state index in [1.54, 1.807) is 36.1 Å². The van der Waals surface area contributed by atoms with Crippen LogP contribution in [0.2, 0.25) is 0 Å². The number of hydrogen-bond donors (Lipinski definition) is 1. The highest BCUT2D eigenvalue weighted by Crippen LogP contribution is 2.30. The van der Waals surface area contributed by atoms with Crippen LogP contribution < -0.4 is 5.32 Å². The van der Waals surface area contributed by atoms with Crippen LogP contribution in [0.5, 0.6) is 0 Å². The van der Waals surface area contributed by atoms with Crippen molar-refractivity contribution in [1.82, 2.24) is 19.7 Å². The number of pyridine rings is 1. The predicted octanol–water partition coefficient (Wildman–Crippen LogP) is 3.63. The molecule has 0 aliphatic rings. The Morgan fingerprint density at radius 1 is 1.11 bits per heavy atom. The number of thioether (sulfide) groups is 1. The maximum Gasteiger partial charge on any atom is 0.416 e. The molecule has 0 saturated carbocycles. The maximum absolute atomic E-state index is 12.5. The Kier molecular flexibility index (Phi) is 5.45. The average molecular weight is 393 g/mol. The molecule has 3 rings (SSSR count). The van der Waals surface area contributed by atoms with Crippen molar-refractivity contribution < 1.29 is 18.0 Å². The van der Waals surface area contributed by atoms with Crippen LogP contribution in [-0.4, -0.2) is 31.4 Å². The summed E-state index contributed by atoms with van der Waals surface area (Å²) in [5, 5.41) is 11.3. The number of hydrogen-bond acceptors (Lipinski definition) is 5. The normalized spacial score (nSPS) is 11.4. The lowest BCUT2D eigenvalue weighted by molar-refractivity contribution is -0.137. The highest BCUT2D eigenvalue weighted by Gasteiger charge is 2.30. The number of carbonyl (C=O) groups excluding carboxylic acids is 1. The van der Waals surface area contributed by atoms with Crippen LogP contribution in [0, 0.1) is 0 Å². The molecule has 1 N–H and O–H groups in total. The lowest BCUT2D eigenvalue weighted by atomic mass is 10.2. The third kappa shape index (κ3) is 4.64. The second-order valence-electron chi connectivity index (χ2n) is 5.51. The van der Waals surface area contributed by atoms with Gasteiger partial charge < -0.3 is 9.88 Å². The molecule has 0 spiro atoms. The Labute approximate surface area is 156 Å². The van der Waals surface area contributed by atoms with Crippen molar-refractivity contribution in [2.45, 2.75) is 11.3 Å². The molecule has 2 heterocycles. The summed E-state index contributed by atoms with van der Waals surface area (Å²) < 4.78 is 39.4. The van der Waals surface area contributed by atoms with Crippen LogP contribution in [0.3, 0.4) is 0 Å². The fraction of sp³-hybridized carbons (Fsp3) is 0.176. The van der Waals surface area contributed by atoms with Crippen molar-refractivity contribution in [3.63, 3.8) is 0 Å². The zero-order valence-electron chi connectivity index (χ0n) is 14.1. The number of alkyl halides is 3. The van der Waals surface area contributed by atoms with E-state index in [4.69, 9.17) is 0 Å². The summed E-state index contributed by atoms with van der Waals surface area (Å²) in [6.07, 6.45) is -1.11. The van der Waals surface area contributed by atoms with Crippen molar-refractivity contribution in [3.05, 3.63) is 54.4 Å². The summed E-state index contributed by atoms with van der Waals surface area (Å²) >= 11 is 1.18. The molecule has 10 heteroatoms. The van der Waals surface area contributed by atoms with Gasteiger partial charge in [-0.05, 0) is 36.4 Å². The summed E-state index contributed by atoms with van der Waals surface area (Å²) in [6, 6.07) is 7.88. The van der Waals surface area contributed by atoms with E-state index in [0.29, 0.717) is 16.7 Å². The smallest absolute Gasteiger partial charge is 0.325 e. The van der Waals surface area contributed by atoms with Gasteiger partial charge in [0.05, 0.1) is 11.3 Å². The Bertz CT molecular complexity index is 926.